The lowest BCUT2D eigenvalue weighted by Gasteiger charge is -2.23. The van der Waals surface area contributed by atoms with Crippen molar-refractivity contribution in [1.29, 1.82) is 0 Å². The lowest BCUT2D eigenvalue weighted by molar-refractivity contribution is -0.384. The number of nitro groups is 1. The van der Waals surface area contributed by atoms with Crippen LogP contribution in [-0.4, -0.2) is 4.92 Å². The van der Waals surface area contributed by atoms with Crippen LogP contribution < -0.4 is 5.73 Å². The Labute approximate surface area is 94.9 Å². The number of nitro benzene ring substituents is 1. The van der Waals surface area contributed by atoms with Gasteiger partial charge in [0, 0.05) is 23.4 Å². The van der Waals surface area contributed by atoms with E-state index >= 15 is 0 Å². The van der Waals surface area contributed by atoms with Gasteiger partial charge in [0.05, 0.1) is 4.92 Å². The van der Waals surface area contributed by atoms with Crippen LogP contribution in [-0.2, 0) is 0 Å². The molecule has 0 heterocycles. The van der Waals surface area contributed by atoms with Crippen molar-refractivity contribution in [3.8, 4) is 0 Å². The molecule has 0 radical (unpaired) electrons. The molecule has 0 atom stereocenters. The van der Waals surface area contributed by atoms with Crippen LogP contribution in [0.1, 0.15) is 26.3 Å². The average Bonchev–Trinajstić information content (AvgIpc) is 2.15. The number of nitrogen functional groups attached to an aromatic ring is 1. The summed E-state index contributed by atoms with van der Waals surface area (Å²) in [5.74, 6) is 0. The van der Waals surface area contributed by atoms with E-state index < -0.39 is 4.92 Å². The second kappa shape index (κ2) is 3.96. The molecular formula is C12H16N2O2. The first-order chi connectivity index (χ1) is 7.23. The highest BCUT2D eigenvalue weighted by molar-refractivity contribution is 5.77. The molecule has 0 spiro atoms. The minimum Gasteiger partial charge on any atom is -0.398 e. The number of non-ortho nitro benzene ring substituents is 1. The Morgan fingerprint density at radius 2 is 2.00 bits per heavy atom. The van der Waals surface area contributed by atoms with Gasteiger partial charge in [0.15, 0.2) is 0 Å². The number of nitrogens with two attached hydrogens (primary N) is 1. The zero-order chi connectivity index (χ0) is 12.5. The van der Waals surface area contributed by atoms with Crippen LogP contribution in [0.2, 0.25) is 0 Å². The molecule has 0 aliphatic carbocycles. The summed E-state index contributed by atoms with van der Waals surface area (Å²) in [5, 5.41) is 10.7. The number of nitrogens with zero attached hydrogens (tertiary/aromatic N) is 1. The molecule has 0 amide bonds. The van der Waals surface area contributed by atoms with Crippen LogP contribution in [0.5, 0.6) is 0 Å². The molecule has 0 saturated heterocycles. The number of anilines is 1. The lowest BCUT2D eigenvalue weighted by Crippen LogP contribution is -2.09. The van der Waals surface area contributed by atoms with Gasteiger partial charge in [-0.15, -0.1) is 0 Å². The van der Waals surface area contributed by atoms with Crippen molar-refractivity contribution in [1.82, 2.24) is 0 Å². The van der Waals surface area contributed by atoms with Crippen molar-refractivity contribution in [2.75, 3.05) is 5.73 Å². The Balaban J connectivity index is 3.28. The van der Waals surface area contributed by atoms with E-state index in [1.165, 1.54) is 12.1 Å². The first kappa shape index (κ1) is 12.2. The van der Waals surface area contributed by atoms with Crippen molar-refractivity contribution >= 4 is 16.9 Å². The van der Waals surface area contributed by atoms with Crippen molar-refractivity contribution in [2.24, 2.45) is 5.41 Å². The predicted molar refractivity (Wildman–Crippen MR) is 66.0 cm³/mol. The molecule has 4 nitrogen and oxygen atoms in total. The summed E-state index contributed by atoms with van der Waals surface area (Å²) < 4.78 is 0. The van der Waals surface area contributed by atoms with E-state index in [4.69, 9.17) is 5.73 Å². The quantitative estimate of drug-likeness (QED) is 0.472. The van der Waals surface area contributed by atoms with Gasteiger partial charge in [-0.2, -0.15) is 0 Å². The van der Waals surface area contributed by atoms with Gasteiger partial charge >= 0.3 is 0 Å². The molecule has 0 aliphatic rings. The van der Waals surface area contributed by atoms with Crippen LogP contribution in [0.3, 0.4) is 0 Å². The highest BCUT2D eigenvalue weighted by atomic mass is 16.6. The smallest absolute Gasteiger partial charge is 0.270 e. The third-order valence-electron chi connectivity index (χ3n) is 2.48. The molecule has 2 N–H and O–H groups in total. The average molecular weight is 220 g/mol. The van der Waals surface area contributed by atoms with Gasteiger partial charge < -0.3 is 5.73 Å². The molecule has 0 unspecified atom stereocenters. The predicted octanol–water partition coefficient (Wildman–Crippen LogP) is 3.24. The maximum absolute atomic E-state index is 10.7. The van der Waals surface area contributed by atoms with Crippen molar-refractivity contribution in [3.05, 3.63) is 40.5 Å². The molecule has 0 fully saturated rings. The Hall–Kier alpha value is -1.84. The van der Waals surface area contributed by atoms with E-state index in [9.17, 15) is 10.1 Å². The fourth-order valence-electron chi connectivity index (χ4n) is 1.32. The maximum Gasteiger partial charge on any atom is 0.270 e. The second-order valence-electron chi connectivity index (χ2n) is 4.76. The van der Waals surface area contributed by atoms with Crippen LogP contribution in [0.15, 0.2) is 24.8 Å². The summed E-state index contributed by atoms with van der Waals surface area (Å²) in [6.45, 7) is 9.94. The van der Waals surface area contributed by atoms with E-state index in [-0.39, 0.29) is 11.1 Å². The summed E-state index contributed by atoms with van der Waals surface area (Å²) >= 11 is 0. The largest absolute Gasteiger partial charge is 0.398 e. The molecule has 86 valence electrons. The second-order valence-corrected chi connectivity index (χ2v) is 4.76. The molecule has 0 saturated carbocycles. The van der Waals surface area contributed by atoms with E-state index in [0.717, 1.165) is 5.57 Å². The standard InChI is InChI=1S/C12H16N2O2/c1-8(12(2,3)4)10-7-9(14(15)16)5-6-11(10)13/h5-7H,1,13H2,2-4H3. The highest BCUT2D eigenvalue weighted by Crippen LogP contribution is 2.36. The Kier molecular flexibility index (Phi) is 3.03. The summed E-state index contributed by atoms with van der Waals surface area (Å²) in [4.78, 5) is 10.2. The molecule has 0 bridgehead atoms. The van der Waals surface area contributed by atoms with Crippen LogP contribution in [0.25, 0.3) is 5.57 Å². The van der Waals surface area contributed by atoms with E-state index in [2.05, 4.69) is 6.58 Å². The van der Waals surface area contributed by atoms with Crippen molar-refractivity contribution in [2.45, 2.75) is 20.8 Å². The van der Waals surface area contributed by atoms with Crippen LogP contribution in [0, 0.1) is 15.5 Å². The molecule has 1 aromatic carbocycles. The van der Waals surface area contributed by atoms with Gasteiger partial charge in [0.1, 0.15) is 0 Å². The minimum absolute atomic E-state index is 0.0367. The van der Waals surface area contributed by atoms with Gasteiger partial charge in [0.2, 0.25) is 0 Å². The van der Waals surface area contributed by atoms with Gasteiger partial charge in [-0.25, -0.2) is 0 Å². The van der Waals surface area contributed by atoms with Crippen LogP contribution in [0.4, 0.5) is 11.4 Å². The van der Waals surface area contributed by atoms with Crippen LogP contribution >= 0.6 is 0 Å². The molecular weight excluding hydrogens is 204 g/mol. The number of benzene rings is 1. The minimum atomic E-state index is -0.432. The summed E-state index contributed by atoms with van der Waals surface area (Å²) in [7, 11) is 0. The monoisotopic (exact) mass is 220 g/mol. The number of rotatable bonds is 2. The van der Waals surface area contributed by atoms with Gasteiger partial charge in [-0.1, -0.05) is 27.4 Å². The zero-order valence-corrected chi connectivity index (χ0v) is 9.78. The molecule has 0 aliphatic heterocycles. The zero-order valence-electron chi connectivity index (χ0n) is 9.78. The fraction of sp³-hybridized carbons (Fsp3) is 0.333. The third kappa shape index (κ3) is 2.39. The van der Waals surface area contributed by atoms with Gasteiger partial charge in [-0.3, -0.25) is 10.1 Å². The highest BCUT2D eigenvalue weighted by Gasteiger charge is 2.20. The Morgan fingerprint density at radius 1 is 1.44 bits per heavy atom. The Bertz CT molecular complexity index is 445. The first-order valence-corrected chi connectivity index (χ1v) is 4.97. The van der Waals surface area contributed by atoms with E-state index in [0.29, 0.717) is 11.3 Å². The SMILES string of the molecule is C=C(c1cc([N+](=O)[O-])ccc1N)C(C)(C)C. The summed E-state index contributed by atoms with van der Waals surface area (Å²) in [5.41, 5.74) is 7.65. The van der Waals surface area contributed by atoms with Crippen molar-refractivity contribution in [3.63, 3.8) is 0 Å². The lowest BCUT2D eigenvalue weighted by atomic mass is 9.82. The van der Waals surface area contributed by atoms with E-state index in [1.54, 1.807) is 6.07 Å². The molecule has 1 rings (SSSR count). The molecule has 0 aromatic heterocycles. The molecule has 1 aromatic rings. The molecule has 4 heteroatoms. The third-order valence-corrected chi connectivity index (χ3v) is 2.48. The first-order valence-electron chi connectivity index (χ1n) is 4.97. The number of allylic oxidation sites excluding steroid dienone is 1. The normalized spacial score (nSPS) is 11.2. The summed E-state index contributed by atoms with van der Waals surface area (Å²) in [6.07, 6.45) is 0. The van der Waals surface area contributed by atoms with Gasteiger partial charge in [-0.05, 0) is 17.1 Å². The molecule has 16 heavy (non-hydrogen) atoms. The Morgan fingerprint density at radius 3 is 2.44 bits per heavy atom. The summed E-state index contributed by atoms with van der Waals surface area (Å²) in [6, 6.07) is 4.42. The fourth-order valence-corrected chi connectivity index (χ4v) is 1.32. The maximum atomic E-state index is 10.7. The topological polar surface area (TPSA) is 69.2 Å². The number of hydrogen-bond donors (Lipinski definition) is 1. The number of hydrogen-bond acceptors (Lipinski definition) is 3. The van der Waals surface area contributed by atoms with Gasteiger partial charge in [0.25, 0.3) is 5.69 Å². The van der Waals surface area contributed by atoms with E-state index in [1.807, 2.05) is 20.8 Å². The van der Waals surface area contributed by atoms with Crippen molar-refractivity contribution < 1.29 is 4.92 Å².